The second-order valence-corrected chi connectivity index (χ2v) is 20.3. The van der Waals surface area contributed by atoms with Crippen LogP contribution in [-0.2, 0) is 33.2 Å². The first-order chi connectivity index (χ1) is 28.3. The van der Waals surface area contributed by atoms with Crippen LogP contribution in [0.5, 0.6) is 0 Å². The van der Waals surface area contributed by atoms with Gasteiger partial charge in [-0.15, -0.1) is 0 Å². The number of likely N-dealkylation sites (N-methyl/N-ethyl adjacent to an activating group) is 1. The van der Waals surface area contributed by atoms with Crippen molar-refractivity contribution in [1.29, 1.82) is 0 Å². The van der Waals surface area contributed by atoms with Crippen molar-refractivity contribution in [2.75, 3.05) is 54.0 Å². The third-order valence-corrected chi connectivity index (χ3v) is 14.5. The monoisotopic (exact) mass is 876 g/mol. The van der Waals surface area contributed by atoms with Crippen LogP contribution >= 0.6 is 0 Å². The molecule has 360 valence electrons. The number of cyclic esters (lactones) is 1. The Morgan fingerprint density at radius 1 is 0.951 bits per heavy atom. The lowest BCUT2D eigenvalue weighted by molar-refractivity contribution is -0.334. The summed E-state index contributed by atoms with van der Waals surface area (Å²) in [5.41, 5.74) is -4.98. The van der Waals surface area contributed by atoms with Crippen molar-refractivity contribution < 1.29 is 58.7 Å². The molecule has 0 aromatic heterocycles. The van der Waals surface area contributed by atoms with Crippen LogP contribution in [0.1, 0.15) is 128 Å². The Labute approximate surface area is 368 Å². The van der Waals surface area contributed by atoms with Crippen molar-refractivity contribution in [3.63, 3.8) is 0 Å². The fourth-order valence-corrected chi connectivity index (χ4v) is 10.5. The van der Waals surface area contributed by atoms with Gasteiger partial charge < -0.3 is 69.1 Å². The summed E-state index contributed by atoms with van der Waals surface area (Å²) < 4.78 is 39.3. The molecular weight excluding hydrogens is 787 g/mol. The molecule has 0 radical (unpaired) electrons. The summed E-state index contributed by atoms with van der Waals surface area (Å²) in [5.74, 6) is -2.47. The molecule has 3 saturated heterocycles. The van der Waals surface area contributed by atoms with Gasteiger partial charge >= 0.3 is 5.97 Å². The molecule has 0 amide bonds. The van der Waals surface area contributed by atoms with Crippen molar-refractivity contribution in [2.45, 2.75) is 212 Å². The Hall–Kier alpha value is -1.05. The van der Waals surface area contributed by atoms with Gasteiger partial charge in [-0.25, -0.2) is 0 Å². The van der Waals surface area contributed by atoms with Crippen LogP contribution < -0.4 is 5.32 Å². The summed E-state index contributed by atoms with van der Waals surface area (Å²) in [4.78, 5) is 18.9. The summed E-state index contributed by atoms with van der Waals surface area (Å²) in [6.07, 6.45) is -3.74. The number of methoxy groups -OCH3 is 1. The molecule has 3 fully saturated rings. The third-order valence-electron chi connectivity index (χ3n) is 14.5. The number of carbonyl (C=O) groups is 1. The first-order valence-corrected chi connectivity index (χ1v) is 23.3. The first-order valence-electron chi connectivity index (χ1n) is 23.3. The van der Waals surface area contributed by atoms with Crippen LogP contribution in [0.2, 0.25) is 0 Å². The van der Waals surface area contributed by atoms with Gasteiger partial charge in [0.1, 0.15) is 29.0 Å². The van der Waals surface area contributed by atoms with E-state index in [2.05, 4.69) is 37.9 Å². The van der Waals surface area contributed by atoms with Crippen LogP contribution in [0.25, 0.3) is 0 Å². The van der Waals surface area contributed by atoms with Gasteiger partial charge in [-0.3, -0.25) is 4.79 Å². The van der Waals surface area contributed by atoms with Gasteiger partial charge in [-0.1, -0.05) is 41.5 Å². The van der Waals surface area contributed by atoms with Crippen LogP contribution in [0.3, 0.4) is 0 Å². The van der Waals surface area contributed by atoms with Crippen molar-refractivity contribution in [1.82, 2.24) is 15.1 Å². The fourth-order valence-electron chi connectivity index (χ4n) is 10.5. The smallest absolute Gasteiger partial charge is 0.311 e. The Balaban J connectivity index is 2.19. The lowest BCUT2D eigenvalue weighted by Crippen LogP contribution is -2.70. The van der Waals surface area contributed by atoms with E-state index in [0.29, 0.717) is 32.4 Å². The molecule has 0 spiro atoms. The molecule has 3 rings (SSSR count). The number of nitrogens with zero attached hydrogens (tertiary/aromatic N) is 2. The summed E-state index contributed by atoms with van der Waals surface area (Å²) in [6, 6.07) is -0.215. The van der Waals surface area contributed by atoms with E-state index >= 15 is 0 Å². The maximum atomic E-state index is 14.6. The van der Waals surface area contributed by atoms with E-state index in [4.69, 9.17) is 28.4 Å². The van der Waals surface area contributed by atoms with E-state index in [1.54, 1.807) is 27.9 Å². The first kappa shape index (κ1) is 54.3. The summed E-state index contributed by atoms with van der Waals surface area (Å²) >= 11 is 0. The Bertz CT molecular complexity index is 1330. The highest BCUT2D eigenvalue weighted by molar-refractivity contribution is 5.73. The Morgan fingerprint density at radius 3 is 2.18 bits per heavy atom. The zero-order valence-electron chi connectivity index (χ0n) is 40.6. The number of hydrogen-bond acceptors (Lipinski definition) is 15. The van der Waals surface area contributed by atoms with E-state index in [-0.39, 0.29) is 50.1 Å². The Morgan fingerprint density at radius 2 is 1.61 bits per heavy atom. The zero-order valence-corrected chi connectivity index (χ0v) is 40.6. The maximum absolute atomic E-state index is 14.6. The van der Waals surface area contributed by atoms with E-state index in [1.165, 1.54) is 0 Å². The standard InChI is InChI=1S/C46H89N3O12/c1-16-21-49-26-28(3)39(52)45(12,54)35(17-2)59-41(53)32(7)38(60-36-25-44(11,56-15)46(55,33(8)58-36)27-47-20-18-19-22-50)31(6)40(43(9,10)24-29(49)4)61-42-37(51)34(48(13)14)23-30(5)57-42/h28-40,42,47,50-52,54-55H,16-27H2,1-15H3/t28-,29+,30+,31-,32+,33-,34-,35+,36+,37+,38+,39+,40+,42-,44-,45+,46+/m0/s1. The average Bonchev–Trinajstić information content (AvgIpc) is 3.19. The SMILES string of the molecule is CCCN1C[C@H](C)[C@@H](O)[C@](C)(O)[C@@H](CC)OC(=O)[C@H](C)[C@H](O[C@@H]2C[C@](C)(OC)[C@@](O)(CNCCCCO)[C@H](C)O2)[C@H](C)[C@@H](O[C@@H]2O[C@H](C)C[C@H](N(C)C)[C@H]2O)C(C)(C)C[C@H]1C. The average molecular weight is 876 g/mol. The number of aliphatic hydroxyl groups is 5. The van der Waals surface area contributed by atoms with E-state index in [0.717, 1.165) is 19.4 Å². The van der Waals surface area contributed by atoms with Crippen LogP contribution in [-0.4, -0.2) is 179 Å². The second-order valence-electron chi connectivity index (χ2n) is 20.3. The fraction of sp³-hybridized carbons (Fsp3) is 0.978. The summed E-state index contributed by atoms with van der Waals surface area (Å²) in [7, 11) is 5.43. The second kappa shape index (κ2) is 22.9. The molecule has 61 heavy (non-hydrogen) atoms. The van der Waals surface area contributed by atoms with Gasteiger partial charge in [-0.05, 0) is 119 Å². The molecule has 0 saturated carbocycles. The molecule has 15 nitrogen and oxygen atoms in total. The van der Waals surface area contributed by atoms with E-state index in [9.17, 15) is 30.3 Å². The highest BCUT2D eigenvalue weighted by Gasteiger charge is 2.58. The van der Waals surface area contributed by atoms with Crippen molar-refractivity contribution in [3.05, 3.63) is 0 Å². The van der Waals surface area contributed by atoms with E-state index in [1.807, 2.05) is 53.6 Å². The quantitative estimate of drug-likeness (QED) is 0.103. The molecule has 15 heteroatoms. The van der Waals surface area contributed by atoms with Gasteiger partial charge in [0.15, 0.2) is 12.6 Å². The minimum atomic E-state index is -1.76. The molecule has 0 aliphatic carbocycles. The lowest BCUT2D eigenvalue weighted by Gasteiger charge is -2.54. The van der Waals surface area contributed by atoms with E-state index < -0.39 is 89.2 Å². The number of carbonyl (C=O) groups excluding carboxylic acids is 1. The van der Waals surface area contributed by atoms with Crippen LogP contribution in [0, 0.1) is 23.2 Å². The number of nitrogens with one attached hydrogen (secondary N) is 1. The van der Waals surface area contributed by atoms with Gasteiger partial charge in [0.2, 0.25) is 0 Å². The number of aliphatic hydroxyl groups excluding tert-OH is 3. The summed E-state index contributed by atoms with van der Waals surface area (Å²) in [6.45, 7) is 25.3. The molecule has 3 aliphatic rings. The van der Waals surface area contributed by atoms with Crippen molar-refractivity contribution in [3.8, 4) is 0 Å². The number of esters is 1. The van der Waals surface area contributed by atoms with Gasteiger partial charge in [0.25, 0.3) is 0 Å². The zero-order chi connectivity index (χ0) is 46.2. The number of ether oxygens (including phenoxy) is 6. The molecule has 0 bridgehead atoms. The number of unbranched alkanes of at least 4 members (excludes halogenated alkanes) is 1. The van der Waals surface area contributed by atoms with Gasteiger partial charge in [-0.2, -0.15) is 0 Å². The Kier molecular flexibility index (Phi) is 20.4. The highest BCUT2D eigenvalue weighted by Crippen LogP contribution is 2.45. The number of rotatable bonds is 15. The molecular formula is C46H89N3O12. The molecule has 17 atom stereocenters. The van der Waals surface area contributed by atoms with Crippen molar-refractivity contribution >= 4 is 5.97 Å². The molecule has 3 heterocycles. The molecule has 0 unspecified atom stereocenters. The maximum Gasteiger partial charge on any atom is 0.311 e. The van der Waals surface area contributed by atoms with Gasteiger partial charge in [0, 0.05) is 51.2 Å². The topological polar surface area (TPSA) is 192 Å². The minimum absolute atomic E-state index is 0.000122. The lowest BCUT2D eigenvalue weighted by atomic mass is 9.72. The van der Waals surface area contributed by atoms with Crippen molar-refractivity contribution in [2.24, 2.45) is 23.2 Å². The third kappa shape index (κ3) is 12.9. The molecule has 0 aromatic carbocycles. The van der Waals surface area contributed by atoms with Gasteiger partial charge in [0.05, 0.1) is 36.4 Å². The normalized spacial score (nSPS) is 43.7. The minimum Gasteiger partial charge on any atom is -0.459 e. The van der Waals surface area contributed by atoms with Crippen LogP contribution in [0.15, 0.2) is 0 Å². The number of hydrogen-bond donors (Lipinski definition) is 6. The summed E-state index contributed by atoms with van der Waals surface area (Å²) in [5, 5.41) is 60.3. The largest absolute Gasteiger partial charge is 0.459 e. The van der Waals surface area contributed by atoms with Crippen LogP contribution in [0.4, 0.5) is 0 Å². The molecule has 6 N–H and O–H groups in total. The highest BCUT2D eigenvalue weighted by atomic mass is 16.7. The molecule has 0 aromatic rings. The molecule has 3 aliphatic heterocycles. The predicted octanol–water partition coefficient (Wildman–Crippen LogP) is 3.69. The predicted molar refractivity (Wildman–Crippen MR) is 235 cm³/mol.